The van der Waals surface area contributed by atoms with E-state index in [9.17, 15) is 24.3 Å². The molecule has 5 fully saturated rings. The highest BCUT2D eigenvalue weighted by atomic mass is 16.7. The number of carbonyl (C=O) groups excluding carboxylic acids is 4. The second-order valence-corrected chi connectivity index (χ2v) is 13.9. The molecule has 0 amide bonds. The average molecular weight is 549 g/mol. The molecule has 0 aromatic carbocycles. The summed E-state index contributed by atoms with van der Waals surface area (Å²) in [6.45, 7) is 9.39. The molecule has 0 spiro atoms. The van der Waals surface area contributed by atoms with Crippen LogP contribution in [-0.2, 0) is 38.1 Å². The Morgan fingerprint density at radius 3 is 2.26 bits per heavy atom. The van der Waals surface area contributed by atoms with Crippen molar-refractivity contribution in [1.82, 2.24) is 0 Å². The lowest BCUT2D eigenvalue weighted by molar-refractivity contribution is -0.165. The molecule has 13 unspecified atom stereocenters. The number of aliphatic hydroxyl groups is 1. The van der Waals surface area contributed by atoms with Gasteiger partial charge in [-0.2, -0.15) is 0 Å². The van der Waals surface area contributed by atoms with Crippen molar-refractivity contribution in [2.75, 3.05) is 13.9 Å². The molecule has 1 N–H and O–H groups in total. The van der Waals surface area contributed by atoms with Crippen molar-refractivity contribution in [3.63, 3.8) is 0 Å². The van der Waals surface area contributed by atoms with Crippen molar-refractivity contribution in [2.24, 2.45) is 71.0 Å². The van der Waals surface area contributed by atoms with E-state index in [1.54, 1.807) is 6.92 Å². The van der Waals surface area contributed by atoms with E-state index in [-0.39, 0.29) is 66.5 Å². The van der Waals surface area contributed by atoms with Crippen molar-refractivity contribution in [3.05, 3.63) is 0 Å². The highest BCUT2D eigenvalue weighted by Crippen LogP contribution is 2.68. The van der Waals surface area contributed by atoms with Crippen molar-refractivity contribution >= 4 is 23.9 Å². The largest absolute Gasteiger partial charge is 0.460 e. The molecule has 5 aliphatic rings. The highest BCUT2D eigenvalue weighted by molar-refractivity contribution is 5.96. The molecule has 5 rings (SSSR count). The Hall–Kier alpha value is -2.00. The number of aliphatic hydroxyl groups excluding tert-OH is 1. The maximum Gasteiger partial charge on any atom is 0.317 e. The summed E-state index contributed by atoms with van der Waals surface area (Å²) in [5, 5.41) is 11.2. The number of esters is 4. The molecular weight excluding hydrogens is 504 g/mol. The van der Waals surface area contributed by atoms with Crippen LogP contribution in [0.2, 0.25) is 0 Å². The summed E-state index contributed by atoms with van der Waals surface area (Å²) >= 11 is 0. The number of hydrogen-bond donors (Lipinski definition) is 1. The van der Waals surface area contributed by atoms with E-state index in [0.717, 1.165) is 19.3 Å². The van der Waals surface area contributed by atoms with E-state index in [2.05, 4.69) is 6.92 Å². The van der Waals surface area contributed by atoms with Gasteiger partial charge >= 0.3 is 23.9 Å². The standard InChI is InChI=1S/C30H44O9/c1-13-15-7-17(21(31)11-22(32)39-30(3,4)5)18(8-15)23(13)25-16-9-19(20(10-16)28(34)37-12-36-6)26(25)24-14(2)27(33)38-29(24)35/h13-21,23-26,31H,7-12H2,1-6H3. The average Bonchev–Trinajstić information content (AvgIpc) is 3.63. The van der Waals surface area contributed by atoms with E-state index in [4.69, 9.17) is 18.9 Å². The number of methoxy groups -OCH3 is 1. The van der Waals surface area contributed by atoms with Crippen LogP contribution in [0.3, 0.4) is 0 Å². The molecule has 1 saturated heterocycles. The minimum atomic E-state index is -0.782. The van der Waals surface area contributed by atoms with Crippen LogP contribution in [0.15, 0.2) is 0 Å². The first-order chi connectivity index (χ1) is 18.3. The molecule has 0 aromatic rings. The van der Waals surface area contributed by atoms with Gasteiger partial charge in [-0.3, -0.25) is 19.2 Å². The third-order valence-electron chi connectivity index (χ3n) is 10.8. The summed E-state index contributed by atoms with van der Waals surface area (Å²) in [7, 11) is 1.47. The Labute approximate surface area is 230 Å². The fraction of sp³-hybridized carbons (Fsp3) is 0.867. The van der Waals surface area contributed by atoms with E-state index in [0.29, 0.717) is 18.3 Å². The summed E-state index contributed by atoms with van der Waals surface area (Å²) in [4.78, 5) is 51.0. The highest BCUT2D eigenvalue weighted by Gasteiger charge is 2.67. The zero-order valence-corrected chi connectivity index (χ0v) is 24.0. The third-order valence-corrected chi connectivity index (χ3v) is 10.8. The predicted molar refractivity (Wildman–Crippen MR) is 137 cm³/mol. The van der Waals surface area contributed by atoms with Crippen molar-refractivity contribution in [3.8, 4) is 0 Å². The molecule has 39 heavy (non-hydrogen) atoms. The quantitative estimate of drug-likeness (QED) is 0.210. The number of cyclic esters (lactones) is 2. The summed E-state index contributed by atoms with van der Waals surface area (Å²) < 4.78 is 20.9. The van der Waals surface area contributed by atoms with Gasteiger partial charge in [0, 0.05) is 7.11 Å². The lowest BCUT2D eigenvalue weighted by atomic mass is 9.57. The first-order valence-corrected chi connectivity index (χ1v) is 14.6. The van der Waals surface area contributed by atoms with Crippen molar-refractivity contribution in [1.29, 1.82) is 0 Å². The Morgan fingerprint density at radius 1 is 0.974 bits per heavy atom. The lowest BCUT2D eigenvalue weighted by Crippen LogP contribution is -2.47. The van der Waals surface area contributed by atoms with Gasteiger partial charge in [0.1, 0.15) is 5.60 Å². The summed E-state index contributed by atoms with van der Waals surface area (Å²) in [6, 6.07) is 0. The van der Waals surface area contributed by atoms with Gasteiger partial charge in [-0.25, -0.2) is 0 Å². The summed E-state index contributed by atoms with van der Waals surface area (Å²) in [6.07, 6.45) is 2.58. The molecule has 4 aliphatic carbocycles. The third kappa shape index (κ3) is 5.03. The van der Waals surface area contributed by atoms with Crippen LogP contribution in [-0.4, -0.2) is 54.6 Å². The summed E-state index contributed by atoms with van der Waals surface area (Å²) in [5.41, 5.74) is -0.607. The van der Waals surface area contributed by atoms with Gasteiger partial charge in [0.05, 0.1) is 30.3 Å². The minimum Gasteiger partial charge on any atom is -0.460 e. The van der Waals surface area contributed by atoms with E-state index in [1.165, 1.54) is 7.11 Å². The van der Waals surface area contributed by atoms with Gasteiger partial charge in [-0.05, 0) is 99.7 Å². The minimum absolute atomic E-state index is 0.0134. The summed E-state index contributed by atoms with van der Waals surface area (Å²) in [5.74, 6) is -1.68. The SMILES string of the molecule is COCOC(=O)C1CC2CC1C(C1C(=O)OC(=O)C1C)C2C1C(C)C2CC(C(O)CC(=O)OC(C)(C)C)C1C2. The molecule has 9 nitrogen and oxygen atoms in total. The number of carbonyl (C=O) groups is 4. The second kappa shape index (κ2) is 10.4. The van der Waals surface area contributed by atoms with E-state index < -0.39 is 41.4 Å². The molecule has 0 radical (unpaired) electrons. The van der Waals surface area contributed by atoms with Crippen LogP contribution in [0, 0.1) is 71.0 Å². The monoisotopic (exact) mass is 548 g/mol. The Balaban J connectivity index is 1.40. The first-order valence-electron chi connectivity index (χ1n) is 14.6. The molecule has 9 heteroatoms. The molecule has 1 aliphatic heterocycles. The molecule has 4 saturated carbocycles. The van der Waals surface area contributed by atoms with Crippen LogP contribution >= 0.6 is 0 Å². The van der Waals surface area contributed by atoms with Crippen LogP contribution < -0.4 is 0 Å². The van der Waals surface area contributed by atoms with Crippen molar-refractivity contribution in [2.45, 2.75) is 78.4 Å². The van der Waals surface area contributed by atoms with Gasteiger partial charge in [0.2, 0.25) is 0 Å². The molecule has 13 atom stereocenters. The Morgan fingerprint density at radius 2 is 1.67 bits per heavy atom. The zero-order valence-electron chi connectivity index (χ0n) is 24.0. The Kier molecular flexibility index (Phi) is 7.63. The smallest absolute Gasteiger partial charge is 0.317 e. The molecular formula is C30H44O9. The molecule has 1 heterocycles. The van der Waals surface area contributed by atoms with Crippen LogP contribution in [0.25, 0.3) is 0 Å². The van der Waals surface area contributed by atoms with Gasteiger partial charge < -0.3 is 24.1 Å². The number of ether oxygens (including phenoxy) is 4. The number of fused-ring (bicyclic) bond motifs is 4. The van der Waals surface area contributed by atoms with E-state index >= 15 is 0 Å². The molecule has 4 bridgehead atoms. The van der Waals surface area contributed by atoms with Crippen LogP contribution in [0.5, 0.6) is 0 Å². The fourth-order valence-electron chi connectivity index (χ4n) is 9.63. The Bertz CT molecular complexity index is 1000. The topological polar surface area (TPSA) is 125 Å². The maximum absolute atomic E-state index is 13.0. The normalized spacial score (nSPS) is 43.6. The van der Waals surface area contributed by atoms with Gasteiger partial charge in [0.25, 0.3) is 0 Å². The number of rotatable bonds is 8. The van der Waals surface area contributed by atoms with Crippen LogP contribution in [0.1, 0.15) is 66.7 Å². The van der Waals surface area contributed by atoms with Gasteiger partial charge in [0.15, 0.2) is 6.79 Å². The predicted octanol–water partition coefficient (Wildman–Crippen LogP) is 3.36. The van der Waals surface area contributed by atoms with Crippen LogP contribution in [0.4, 0.5) is 0 Å². The second-order valence-electron chi connectivity index (χ2n) is 13.9. The van der Waals surface area contributed by atoms with Gasteiger partial charge in [-0.15, -0.1) is 0 Å². The van der Waals surface area contributed by atoms with E-state index in [1.807, 2.05) is 20.8 Å². The fourth-order valence-corrected chi connectivity index (χ4v) is 9.63. The first kappa shape index (κ1) is 28.5. The number of hydrogen-bond acceptors (Lipinski definition) is 9. The van der Waals surface area contributed by atoms with Crippen molar-refractivity contribution < 1.29 is 43.2 Å². The molecule has 0 aromatic heterocycles. The lowest BCUT2D eigenvalue weighted by Gasteiger charge is -2.47. The van der Waals surface area contributed by atoms with Gasteiger partial charge in [-0.1, -0.05) is 13.8 Å². The zero-order chi connectivity index (χ0) is 28.4. The maximum atomic E-state index is 13.0. The molecule has 218 valence electrons.